The van der Waals surface area contributed by atoms with Gasteiger partial charge in [-0.3, -0.25) is 14.6 Å². The largest absolute Gasteiger partial charge is 0.495 e. The fraction of sp³-hybridized carbons (Fsp3) is 0.433. The molecule has 2 aromatic heterocycles. The van der Waals surface area contributed by atoms with Crippen molar-refractivity contribution in [2.45, 2.75) is 57.6 Å². The summed E-state index contributed by atoms with van der Waals surface area (Å²) < 4.78 is 46.2. The second kappa shape index (κ2) is 14.7. The number of Topliss-reactive ketones (excluding diaryl/α,β-unsaturated/α-hetero) is 1. The fourth-order valence-corrected chi connectivity index (χ4v) is 8.49. The van der Waals surface area contributed by atoms with Crippen molar-refractivity contribution >= 4 is 63.3 Å². The van der Waals surface area contributed by atoms with E-state index in [9.17, 15) is 18.0 Å². The molecular weight excluding hydrogens is 723 g/mol. The maximum atomic E-state index is 13.8. The van der Waals surface area contributed by atoms with E-state index < -0.39 is 21.9 Å². The summed E-state index contributed by atoms with van der Waals surface area (Å²) in [5.74, 6) is -0.0861. The monoisotopic (exact) mass is 758 g/mol. The minimum absolute atomic E-state index is 0.0427. The second-order valence-corrected chi connectivity index (χ2v) is 15.8. The average molecular weight is 759 g/mol. The number of ether oxygens (including phenoxy) is 3. The van der Waals surface area contributed by atoms with Crippen LogP contribution in [0.1, 0.15) is 64.3 Å². The summed E-state index contributed by atoms with van der Waals surface area (Å²) in [6, 6.07) is 9.23. The van der Waals surface area contributed by atoms with Gasteiger partial charge >= 0.3 is 5.97 Å². The molecule has 0 N–H and O–H groups in total. The maximum Gasteiger partial charge on any atom is 0.309 e. The van der Waals surface area contributed by atoms with Crippen LogP contribution >= 0.6 is 41.5 Å². The molecule has 3 atom stereocenters. The van der Waals surface area contributed by atoms with Gasteiger partial charge in [0.2, 0.25) is 10.0 Å². The molecule has 1 aromatic carbocycles. The molecule has 1 aliphatic heterocycles. The molecule has 0 radical (unpaired) electrons. The number of rotatable bonds is 12. The summed E-state index contributed by atoms with van der Waals surface area (Å²) in [4.78, 5) is 31.0. The summed E-state index contributed by atoms with van der Waals surface area (Å²) >= 11 is 3.46. The van der Waals surface area contributed by atoms with Crippen LogP contribution in [-0.2, 0) is 26.1 Å². The minimum atomic E-state index is -3.90. The quantitative estimate of drug-likeness (QED) is 0.0895. The lowest BCUT2D eigenvalue weighted by Gasteiger charge is -2.26. The number of nitrogens with zero attached hydrogens (tertiary/aromatic N) is 2. The van der Waals surface area contributed by atoms with Crippen LogP contribution in [-0.4, -0.2) is 61.6 Å². The molecule has 9 nitrogen and oxygen atoms in total. The molecule has 232 valence electrons. The Kier molecular flexibility index (Phi) is 11.5. The molecule has 43 heavy (non-hydrogen) atoms. The van der Waals surface area contributed by atoms with E-state index in [2.05, 4.69) is 26.2 Å². The molecule has 3 aromatic rings. The molecule has 0 amide bonds. The Labute approximate surface area is 273 Å². The molecule has 13 heteroatoms. The summed E-state index contributed by atoms with van der Waals surface area (Å²) in [5.41, 5.74) is 2.51. The van der Waals surface area contributed by atoms with Gasteiger partial charge in [0.1, 0.15) is 34.0 Å². The summed E-state index contributed by atoms with van der Waals surface area (Å²) in [7, 11) is -0.829. The number of aromatic nitrogens is 1. The SMILES string of the molecule is CC[C@@H]1CN(Cc2cc(C(c3cc(OC)c(C(C)=O)s3)C(C)C(=O)OCCSI)ccc2C)S(=O)(=O)c2cnccc2O1. The van der Waals surface area contributed by atoms with E-state index in [0.29, 0.717) is 35.2 Å². The summed E-state index contributed by atoms with van der Waals surface area (Å²) in [5, 5.41) is 0. The van der Waals surface area contributed by atoms with Crippen LogP contribution in [0.2, 0.25) is 0 Å². The molecule has 0 fully saturated rings. The number of aryl methyl sites for hydroxylation is 1. The van der Waals surface area contributed by atoms with Crippen molar-refractivity contribution in [2.75, 3.05) is 26.0 Å². The van der Waals surface area contributed by atoms with Crippen LogP contribution in [0.3, 0.4) is 0 Å². The highest BCUT2D eigenvalue weighted by Gasteiger charge is 2.36. The Balaban J connectivity index is 1.77. The zero-order valence-electron chi connectivity index (χ0n) is 24.7. The topological polar surface area (TPSA) is 112 Å². The van der Waals surface area contributed by atoms with E-state index in [1.165, 1.54) is 42.1 Å². The first kappa shape index (κ1) is 33.7. The number of carbonyl (C=O) groups is 2. The third-order valence-electron chi connectivity index (χ3n) is 7.44. The van der Waals surface area contributed by atoms with Crippen molar-refractivity contribution < 1.29 is 32.2 Å². The number of pyridine rings is 1. The number of hydrogen-bond acceptors (Lipinski definition) is 10. The third kappa shape index (κ3) is 7.55. The predicted molar refractivity (Wildman–Crippen MR) is 177 cm³/mol. The van der Waals surface area contributed by atoms with Gasteiger partial charge in [-0.05, 0) is 63.4 Å². The number of benzene rings is 1. The van der Waals surface area contributed by atoms with Gasteiger partial charge in [0.25, 0.3) is 0 Å². The number of sulfonamides is 1. The van der Waals surface area contributed by atoms with Crippen molar-refractivity contribution in [3.05, 3.63) is 69.2 Å². The molecule has 0 saturated carbocycles. The number of hydrogen-bond donors (Lipinski definition) is 0. The van der Waals surface area contributed by atoms with Crippen LogP contribution < -0.4 is 9.47 Å². The summed E-state index contributed by atoms with van der Waals surface area (Å²) in [6.07, 6.45) is 3.15. The van der Waals surface area contributed by atoms with E-state index in [1.54, 1.807) is 15.0 Å². The van der Waals surface area contributed by atoms with E-state index in [0.717, 1.165) is 21.6 Å². The first-order valence-electron chi connectivity index (χ1n) is 13.8. The van der Waals surface area contributed by atoms with Crippen LogP contribution in [0.25, 0.3) is 0 Å². The minimum Gasteiger partial charge on any atom is -0.495 e. The fourth-order valence-electron chi connectivity index (χ4n) is 5.03. The molecular formula is C30H35IN2O7S3. The molecule has 0 bridgehead atoms. The Morgan fingerprint density at radius 3 is 2.70 bits per heavy atom. The van der Waals surface area contributed by atoms with Crippen molar-refractivity contribution in [1.29, 1.82) is 0 Å². The second-order valence-electron chi connectivity index (χ2n) is 10.3. The molecule has 0 aliphatic carbocycles. The number of thiophene rings is 1. The Hall–Kier alpha value is -2.20. The molecule has 0 saturated heterocycles. The van der Waals surface area contributed by atoms with Gasteiger partial charge in [0.05, 0.1) is 25.8 Å². The van der Waals surface area contributed by atoms with Crippen LogP contribution in [0.15, 0.2) is 47.6 Å². The average Bonchev–Trinajstić information content (AvgIpc) is 3.38. The van der Waals surface area contributed by atoms with Gasteiger partial charge < -0.3 is 14.2 Å². The molecule has 3 heterocycles. The highest BCUT2D eigenvalue weighted by Crippen LogP contribution is 2.42. The smallest absolute Gasteiger partial charge is 0.309 e. The van der Waals surface area contributed by atoms with Crippen molar-refractivity contribution in [3.8, 4) is 11.5 Å². The first-order valence-corrected chi connectivity index (χ1v) is 19.6. The Morgan fingerprint density at radius 1 is 1.28 bits per heavy atom. The number of fused-ring (bicyclic) bond motifs is 1. The number of methoxy groups -OCH3 is 1. The lowest BCUT2D eigenvalue weighted by Crippen LogP contribution is -2.36. The van der Waals surface area contributed by atoms with Crippen LogP contribution in [0, 0.1) is 12.8 Å². The molecule has 1 aliphatic rings. The molecule has 2 unspecified atom stereocenters. The van der Waals surface area contributed by atoms with Gasteiger partial charge in [-0.15, -0.1) is 11.3 Å². The van der Waals surface area contributed by atoms with Crippen molar-refractivity contribution in [3.63, 3.8) is 0 Å². The lowest BCUT2D eigenvalue weighted by atomic mass is 9.84. The number of halogens is 1. The Bertz CT molecular complexity index is 1580. The van der Waals surface area contributed by atoms with Gasteiger partial charge in [0.15, 0.2) is 5.78 Å². The Morgan fingerprint density at radius 2 is 2.05 bits per heavy atom. The summed E-state index contributed by atoms with van der Waals surface area (Å²) in [6.45, 7) is 7.78. The van der Waals surface area contributed by atoms with E-state index in [-0.39, 0.29) is 35.8 Å². The van der Waals surface area contributed by atoms with Gasteiger partial charge in [-0.1, -0.05) is 41.0 Å². The zero-order valence-corrected chi connectivity index (χ0v) is 29.3. The standard InChI is InChI=1S/C30H35IN2O7S3/c1-6-23-17-33(43(36,37)27-15-32-10-9-24(27)40-23)16-22-13-21(8-7-18(22)2)28(19(3)30(35)39-11-12-41-31)26-14-25(38-5)29(42-26)20(4)34/h7-10,13-15,19,23,28H,6,11-12,16-17H2,1-5H3/t19?,23-,28?/m1/s1. The van der Waals surface area contributed by atoms with Gasteiger partial charge in [-0.2, -0.15) is 4.31 Å². The number of esters is 1. The number of carbonyl (C=O) groups excluding carboxylic acids is 2. The first-order chi connectivity index (χ1) is 20.5. The van der Waals surface area contributed by atoms with E-state index in [4.69, 9.17) is 14.2 Å². The maximum absolute atomic E-state index is 13.8. The van der Waals surface area contributed by atoms with Gasteiger partial charge in [0, 0.05) is 36.2 Å². The van der Waals surface area contributed by atoms with Crippen LogP contribution in [0.4, 0.5) is 0 Å². The highest BCUT2D eigenvalue weighted by atomic mass is 127. The number of ketones is 1. The van der Waals surface area contributed by atoms with Crippen LogP contribution in [0.5, 0.6) is 11.5 Å². The zero-order chi connectivity index (χ0) is 31.3. The van der Waals surface area contributed by atoms with Crippen molar-refractivity contribution in [1.82, 2.24) is 9.29 Å². The normalized spacial score (nSPS) is 17.7. The third-order valence-corrected chi connectivity index (χ3v) is 12.2. The lowest BCUT2D eigenvalue weighted by molar-refractivity contribution is -0.147. The molecule has 4 rings (SSSR count). The van der Waals surface area contributed by atoms with Gasteiger partial charge in [-0.25, -0.2) is 8.42 Å². The molecule has 0 spiro atoms. The van der Waals surface area contributed by atoms with E-state index in [1.807, 2.05) is 45.0 Å². The van der Waals surface area contributed by atoms with Crippen molar-refractivity contribution in [2.24, 2.45) is 5.92 Å². The van der Waals surface area contributed by atoms with E-state index >= 15 is 0 Å². The highest BCUT2D eigenvalue weighted by molar-refractivity contribution is 14.2. The predicted octanol–water partition coefficient (Wildman–Crippen LogP) is 6.42.